The Hall–Kier alpha value is -6.69. The van der Waals surface area contributed by atoms with E-state index in [0.29, 0.717) is 75.1 Å². The third-order valence-electron chi connectivity index (χ3n) is 10.1. The average molecular weight is 852 g/mol. The second-order valence-corrected chi connectivity index (χ2v) is 16.9. The van der Waals surface area contributed by atoms with Crippen LogP contribution in [0.5, 0.6) is 0 Å². The molecule has 1 aromatic carbocycles. The summed E-state index contributed by atoms with van der Waals surface area (Å²) in [5.74, 6) is 0.716. The number of carbonyl (C=O) groups excluding carboxylic acids is 5. The molecule has 6 heterocycles. The molecular weight excluding hydrogens is 809 g/mol. The molecule has 0 bridgehead atoms. The standard InChI is InChI=1S/C22H21FN6O2.C20H22ClN5O4/c1-12-2-5-16(23)17(6-12)26-18-9-19(24-10-13-3-4-13)29-21(27-18)15(11-25-29)7-14-8-20(30)28-22(14)31;1-20(2,3)30-19(29)25(10-11-4-5-11)16-8-14(21)23-17-13(9-22-26(16)17)6-12-7-15(27)24-18(12)28/h2,5-7,9,11,13,24H,3-4,8,10H2,1H3,(H,26,27)(H,28,30,31);6,8-9,11H,4-5,7,10H2,1-3H3,(H,24,27,28)/b14-7+;12-6+. The van der Waals surface area contributed by atoms with Crippen LogP contribution >= 0.6 is 11.6 Å². The number of hydrogen-bond acceptors (Lipinski definition) is 12. The third-order valence-corrected chi connectivity index (χ3v) is 10.3. The molecule has 4 aliphatic rings. The van der Waals surface area contributed by atoms with Crippen LogP contribution in [0.2, 0.25) is 5.15 Å². The second-order valence-electron chi connectivity index (χ2n) is 16.5. The largest absolute Gasteiger partial charge is 0.443 e. The summed E-state index contributed by atoms with van der Waals surface area (Å²) in [6, 6.07) is 8.18. The third kappa shape index (κ3) is 9.70. The van der Waals surface area contributed by atoms with Crippen LogP contribution in [-0.2, 0) is 23.9 Å². The van der Waals surface area contributed by atoms with Crippen LogP contribution in [0, 0.1) is 24.6 Å². The molecule has 4 N–H and O–H groups in total. The number of anilines is 4. The highest BCUT2D eigenvalue weighted by Gasteiger charge is 2.33. The summed E-state index contributed by atoms with van der Waals surface area (Å²) in [5, 5.41) is 19.9. The van der Waals surface area contributed by atoms with Crippen molar-refractivity contribution >= 4 is 87.9 Å². The summed E-state index contributed by atoms with van der Waals surface area (Å²) in [6.07, 6.45) is 10.3. The molecule has 0 radical (unpaired) electrons. The first-order chi connectivity index (χ1) is 29.1. The van der Waals surface area contributed by atoms with Crippen molar-refractivity contribution < 1.29 is 33.1 Å². The van der Waals surface area contributed by atoms with E-state index in [9.17, 15) is 28.4 Å². The van der Waals surface area contributed by atoms with Crippen LogP contribution in [0.1, 0.15) is 76.0 Å². The predicted octanol–water partition coefficient (Wildman–Crippen LogP) is 6.14. The van der Waals surface area contributed by atoms with Crippen molar-refractivity contribution in [3.8, 4) is 0 Å². The molecule has 316 valence electrons. The summed E-state index contributed by atoms with van der Waals surface area (Å²) in [4.78, 5) is 70.2. The first kappa shape index (κ1) is 41.1. The fourth-order valence-electron chi connectivity index (χ4n) is 6.70. The Labute approximate surface area is 353 Å². The van der Waals surface area contributed by atoms with Crippen LogP contribution in [0.25, 0.3) is 23.4 Å². The summed E-state index contributed by atoms with van der Waals surface area (Å²) in [5.41, 5.74) is 3.26. The van der Waals surface area contributed by atoms with Crippen LogP contribution in [0.4, 0.5) is 32.3 Å². The Kier molecular flexibility index (Phi) is 11.0. The van der Waals surface area contributed by atoms with Crippen molar-refractivity contribution in [1.82, 2.24) is 39.8 Å². The maximum absolute atomic E-state index is 14.3. The van der Waals surface area contributed by atoms with Crippen molar-refractivity contribution in [1.29, 1.82) is 0 Å². The molecule has 2 saturated carbocycles. The van der Waals surface area contributed by atoms with Gasteiger partial charge in [-0.3, -0.25) is 34.7 Å². The van der Waals surface area contributed by atoms with E-state index in [0.717, 1.165) is 24.9 Å². The number of aryl methyl sites for hydroxylation is 1. The maximum atomic E-state index is 14.3. The van der Waals surface area contributed by atoms with Crippen molar-refractivity contribution in [2.24, 2.45) is 11.8 Å². The van der Waals surface area contributed by atoms with E-state index >= 15 is 0 Å². The van der Waals surface area contributed by atoms with E-state index in [1.165, 1.54) is 34.5 Å². The average Bonchev–Trinajstić information content (AvgIpc) is 4.06. The smallest absolute Gasteiger partial charge is 0.416 e. The number of fused-ring (bicyclic) bond motifs is 2. The Morgan fingerprint density at radius 3 is 2.08 bits per heavy atom. The molecule has 0 unspecified atom stereocenters. The first-order valence-electron chi connectivity index (χ1n) is 19.9. The minimum absolute atomic E-state index is 0.00465. The van der Waals surface area contributed by atoms with Crippen molar-refractivity contribution in [3.05, 3.63) is 81.5 Å². The summed E-state index contributed by atoms with van der Waals surface area (Å²) >= 11 is 6.27. The number of amides is 5. The molecule has 17 nitrogen and oxygen atoms in total. The van der Waals surface area contributed by atoms with Gasteiger partial charge in [0.1, 0.15) is 34.0 Å². The van der Waals surface area contributed by atoms with E-state index in [4.69, 9.17) is 16.3 Å². The van der Waals surface area contributed by atoms with Gasteiger partial charge >= 0.3 is 6.09 Å². The van der Waals surface area contributed by atoms with Gasteiger partial charge < -0.3 is 15.4 Å². The van der Waals surface area contributed by atoms with Crippen molar-refractivity contribution in [2.45, 2.75) is 71.8 Å². The Bertz CT molecular complexity index is 2690. The van der Waals surface area contributed by atoms with E-state index in [1.807, 2.05) is 27.7 Å². The van der Waals surface area contributed by atoms with E-state index < -0.39 is 23.5 Å². The lowest BCUT2D eigenvalue weighted by Crippen LogP contribution is -2.39. The zero-order valence-corrected chi connectivity index (χ0v) is 34.6. The minimum atomic E-state index is -0.656. The van der Waals surface area contributed by atoms with E-state index in [1.54, 1.807) is 47.1 Å². The van der Waals surface area contributed by atoms with E-state index in [2.05, 4.69) is 41.4 Å². The summed E-state index contributed by atoms with van der Waals surface area (Å²) < 4.78 is 23.0. The molecular formula is C42H43ClFN11O6. The van der Waals surface area contributed by atoms with Crippen LogP contribution < -0.4 is 26.2 Å². The SMILES string of the molecule is CC(C)(C)OC(=O)N(CC1CC1)c1cc(Cl)nc2c(/C=C3\CC(=O)NC3=O)cnn12.Cc1ccc(F)c(Nc2cc(NCC3CC3)n3ncc(/C=C4\CC(=O)NC4=O)c3n2)c1. The van der Waals surface area contributed by atoms with Gasteiger partial charge in [-0.25, -0.2) is 19.2 Å². The Balaban J connectivity index is 0.000000169. The van der Waals surface area contributed by atoms with Crippen LogP contribution in [-0.4, -0.2) is 77.6 Å². The van der Waals surface area contributed by atoms with Gasteiger partial charge in [0.25, 0.3) is 11.8 Å². The topological polar surface area (TPSA) is 206 Å². The number of imide groups is 2. The molecule has 0 atom stereocenters. The van der Waals surface area contributed by atoms with Gasteiger partial charge in [-0.05, 0) is 95.1 Å². The van der Waals surface area contributed by atoms with Crippen LogP contribution in [0.15, 0.2) is 53.9 Å². The molecule has 19 heteroatoms. The highest BCUT2D eigenvalue weighted by molar-refractivity contribution is 6.30. The fourth-order valence-corrected chi connectivity index (χ4v) is 6.88. The van der Waals surface area contributed by atoms with Crippen molar-refractivity contribution in [2.75, 3.05) is 28.6 Å². The number of nitrogens with one attached hydrogen (secondary N) is 4. The molecule has 5 aromatic rings. The zero-order chi connectivity index (χ0) is 43.2. The zero-order valence-electron chi connectivity index (χ0n) is 33.8. The molecule has 61 heavy (non-hydrogen) atoms. The maximum Gasteiger partial charge on any atom is 0.416 e. The van der Waals surface area contributed by atoms with Gasteiger partial charge in [0, 0.05) is 47.5 Å². The van der Waals surface area contributed by atoms with Gasteiger partial charge in [-0.15, -0.1) is 0 Å². The molecule has 4 aromatic heterocycles. The van der Waals surface area contributed by atoms with E-state index in [-0.39, 0.29) is 35.6 Å². The fraction of sp³-hybridized carbons (Fsp3) is 0.357. The first-order valence-corrected chi connectivity index (χ1v) is 20.2. The molecule has 5 amide bonds. The van der Waals surface area contributed by atoms with Crippen molar-refractivity contribution in [3.63, 3.8) is 0 Å². The number of benzene rings is 1. The quantitative estimate of drug-likeness (QED) is 0.0711. The molecule has 9 rings (SSSR count). The number of hydrogen-bond donors (Lipinski definition) is 4. The predicted molar refractivity (Wildman–Crippen MR) is 224 cm³/mol. The highest BCUT2D eigenvalue weighted by atomic mass is 35.5. The normalized spacial score (nSPS) is 17.8. The lowest BCUT2D eigenvalue weighted by atomic mass is 10.1. The number of halogens is 2. The number of carbonyl (C=O) groups is 5. The Morgan fingerprint density at radius 2 is 1.51 bits per heavy atom. The van der Waals surface area contributed by atoms with Gasteiger partial charge in [-0.2, -0.15) is 19.2 Å². The molecule has 4 fully saturated rings. The summed E-state index contributed by atoms with van der Waals surface area (Å²) in [7, 11) is 0. The number of nitrogens with zero attached hydrogens (tertiary/aromatic N) is 7. The van der Waals surface area contributed by atoms with Crippen LogP contribution in [0.3, 0.4) is 0 Å². The molecule has 0 spiro atoms. The lowest BCUT2D eigenvalue weighted by molar-refractivity contribution is -0.125. The number of ether oxygens (including phenoxy) is 1. The molecule has 2 saturated heterocycles. The van der Waals surface area contributed by atoms with Gasteiger partial charge in [-0.1, -0.05) is 17.7 Å². The molecule has 2 aliphatic carbocycles. The monoisotopic (exact) mass is 851 g/mol. The Morgan fingerprint density at radius 1 is 0.902 bits per heavy atom. The van der Waals surface area contributed by atoms with Gasteiger partial charge in [0.2, 0.25) is 11.8 Å². The van der Waals surface area contributed by atoms with Gasteiger partial charge in [0.15, 0.2) is 11.3 Å². The minimum Gasteiger partial charge on any atom is -0.443 e. The highest BCUT2D eigenvalue weighted by Crippen LogP contribution is 2.34. The van der Waals surface area contributed by atoms with Gasteiger partial charge in [0.05, 0.1) is 30.9 Å². The second kappa shape index (κ2) is 16.4. The molecule has 2 aliphatic heterocycles. The summed E-state index contributed by atoms with van der Waals surface area (Å²) in [6.45, 7) is 8.60. The number of rotatable bonds is 10. The lowest BCUT2D eigenvalue weighted by Gasteiger charge is -2.27. The number of aromatic nitrogens is 6.